The zero-order chi connectivity index (χ0) is 19.2. The molecule has 1 aromatic carbocycles. The van der Waals surface area contributed by atoms with E-state index in [4.69, 9.17) is 9.47 Å². The van der Waals surface area contributed by atoms with Crippen LogP contribution in [0, 0.1) is 0 Å². The fourth-order valence-electron chi connectivity index (χ4n) is 3.39. The number of esters is 1. The van der Waals surface area contributed by atoms with Gasteiger partial charge in [0.1, 0.15) is 0 Å². The fourth-order valence-corrected chi connectivity index (χ4v) is 3.39. The van der Waals surface area contributed by atoms with Crippen LogP contribution in [0.15, 0.2) is 36.5 Å². The normalized spacial score (nSPS) is 16.8. The van der Waals surface area contributed by atoms with Gasteiger partial charge in [0.25, 0.3) is 5.91 Å². The molecule has 2 aromatic rings. The Labute approximate surface area is 158 Å². The summed E-state index contributed by atoms with van der Waals surface area (Å²) in [4.78, 5) is 26.8. The number of para-hydroxylation sites is 1. The highest BCUT2D eigenvalue weighted by Crippen LogP contribution is 2.22. The lowest BCUT2D eigenvalue weighted by atomic mass is 10.00. The van der Waals surface area contributed by atoms with E-state index in [9.17, 15) is 9.59 Å². The maximum Gasteiger partial charge on any atom is 0.363 e. The Balaban J connectivity index is 1.67. The van der Waals surface area contributed by atoms with Gasteiger partial charge in [0, 0.05) is 12.6 Å². The molecule has 0 N–H and O–H groups in total. The smallest absolute Gasteiger partial charge is 0.363 e. The van der Waals surface area contributed by atoms with Crippen LogP contribution < -0.4 is 4.74 Å². The summed E-state index contributed by atoms with van der Waals surface area (Å²) in [5, 5.41) is 4.27. The predicted molar refractivity (Wildman–Crippen MR) is 100 cm³/mol. The number of likely N-dealkylation sites (tertiary alicyclic amines) is 1. The Morgan fingerprint density at radius 3 is 2.70 bits per heavy atom. The molecule has 0 spiro atoms. The predicted octanol–water partition coefficient (Wildman–Crippen LogP) is 2.83. The lowest BCUT2D eigenvalue weighted by molar-refractivity contribution is -0.138. The molecule has 7 nitrogen and oxygen atoms in total. The highest BCUT2D eigenvalue weighted by molar-refractivity contribution is 5.92. The Morgan fingerprint density at radius 2 is 2.00 bits per heavy atom. The third-order valence-corrected chi connectivity index (χ3v) is 4.86. The molecule has 0 aliphatic carbocycles. The Kier molecular flexibility index (Phi) is 6.11. The molecule has 1 aliphatic heterocycles. The van der Waals surface area contributed by atoms with Crippen LogP contribution in [0.3, 0.4) is 0 Å². The second kappa shape index (κ2) is 8.70. The quantitative estimate of drug-likeness (QED) is 0.730. The zero-order valence-corrected chi connectivity index (χ0v) is 15.8. The van der Waals surface area contributed by atoms with Crippen LogP contribution in [-0.2, 0) is 9.53 Å². The van der Waals surface area contributed by atoms with E-state index in [1.807, 2.05) is 35.2 Å². The average molecular weight is 371 g/mol. The molecule has 0 bridgehead atoms. The van der Waals surface area contributed by atoms with E-state index in [1.54, 1.807) is 10.9 Å². The third-order valence-electron chi connectivity index (χ3n) is 4.86. The van der Waals surface area contributed by atoms with Crippen LogP contribution in [0.5, 0.6) is 5.75 Å². The largest absolute Gasteiger partial charge is 0.493 e. The summed E-state index contributed by atoms with van der Waals surface area (Å²) in [6, 6.07) is 9.62. The molecule has 3 rings (SSSR count). The summed E-state index contributed by atoms with van der Waals surface area (Å²) >= 11 is 0. The summed E-state index contributed by atoms with van der Waals surface area (Å²) in [5.41, 5.74) is 0.852. The van der Waals surface area contributed by atoms with Gasteiger partial charge in [-0.25, -0.2) is 9.48 Å². The van der Waals surface area contributed by atoms with Crippen molar-refractivity contribution < 1.29 is 19.1 Å². The molecular formula is C20H25N3O4. The zero-order valence-electron chi connectivity index (χ0n) is 15.8. The van der Waals surface area contributed by atoms with Crippen molar-refractivity contribution in [2.75, 3.05) is 20.3 Å². The number of ether oxygens (including phenoxy) is 2. The summed E-state index contributed by atoms with van der Waals surface area (Å²) in [7, 11) is 1.47. The van der Waals surface area contributed by atoms with Crippen molar-refractivity contribution in [3.63, 3.8) is 0 Å². The third kappa shape index (κ3) is 4.30. The van der Waals surface area contributed by atoms with Crippen molar-refractivity contribution in [3.8, 4) is 11.4 Å². The standard InChI is InChI=1S/C20H25N3O4/c1-3-15-9-7-8-12-22(15)18(24)14-27-20(25)19-17(26-2)13-23(21-19)16-10-5-4-6-11-16/h4-6,10-11,13,15H,3,7-9,12,14H2,1-2H3/t15-/m1/s1. The van der Waals surface area contributed by atoms with E-state index in [0.717, 1.165) is 37.9 Å². The number of carbonyl (C=O) groups excluding carboxylic acids is 2. The molecule has 2 heterocycles. The topological polar surface area (TPSA) is 73.7 Å². The van der Waals surface area contributed by atoms with Gasteiger partial charge < -0.3 is 14.4 Å². The maximum atomic E-state index is 12.5. The summed E-state index contributed by atoms with van der Waals surface area (Å²) < 4.78 is 12.0. The van der Waals surface area contributed by atoms with Crippen LogP contribution in [0.2, 0.25) is 0 Å². The van der Waals surface area contributed by atoms with Gasteiger partial charge in [0.2, 0.25) is 5.69 Å². The number of rotatable bonds is 6. The van der Waals surface area contributed by atoms with Crippen LogP contribution in [0.4, 0.5) is 0 Å². The molecule has 1 saturated heterocycles. The van der Waals surface area contributed by atoms with Gasteiger partial charge in [-0.3, -0.25) is 4.79 Å². The molecule has 1 aliphatic rings. The van der Waals surface area contributed by atoms with Crippen molar-refractivity contribution in [3.05, 3.63) is 42.2 Å². The van der Waals surface area contributed by atoms with E-state index in [2.05, 4.69) is 12.0 Å². The minimum atomic E-state index is -0.667. The molecule has 0 saturated carbocycles. The van der Waals surface area contributed by atoms with Crippen LogP contribution in [0.1, 0.15) is 43.1 Å². The molecule has 0 radical (unpaired) electrons. The number of piperidine rings is 1. The van der Waals surface area contributed by atoms with Crippen molar-refractivity contribution in [1.82, 2.24) is 14.7 Å². The molecule has 144 valence electrons. The maximum absolute atomic E-state index is 12.5. The number of methoxy groups -OCH3 is 1. The van der Waals surface area contributed by atoms with Gasteiger partial charge >= 0.3 is 5.97 Å². The molecular weight excluding hydrogens is 346 g/mol. The first-order chi connectivity index (χ1) is 13.1. The van der Waals surface area contributed by atoms with Crippen molar-refractivity contribution in [2.45, 2.75) is 38.6 Å². The van der Waals surface area contributed by atoms with Crippen molar-refractivity contribution in [2.24, 2.45) is 0 Å². The molecule has 27 heavy (non-hydrogen) atoms. The van der Waals surface area contributed by atoms with Gasteiger partial charge in [-0.1, -0.05) is 25.1 Å². The van der Waals surface area contributed by atoms with E-state index < -0.39 is 5.97 Å². The fraction of sp³-hybridized carbons (Fsp3) is 0.450. The first-order valence-electron chi connectivity index (χ1n) is 9.29. The minimum Gasteiger partial charge on any atom is -0.493 e. The average Bonchev–Trinajstić information content (AvgIpc) is 3.17. The first-order valence-corrected chi connectivity index (χ1v) is 9.29. The molecule has 1 fully saturated rings. The number of benzene rings is 1. The summed E-state index contributed by atoms with van der Waals surface area (Å²) in [6.07, 6.45) is 5.66. The number of carbonyl (C=O) groups is 2. The molecule has 0 unspecified atom stereocenters. The molecule has 1 amide bonds. The van der Waals surface area contributed by atoms with Gasteiger partial charge in [0.15, 0.2) is 12.4 Å². The number of hydrogen-bond donors (Lipinski definition) is 0. The van der Waals surface area contributed by atoms with Gasteiger partial charge in [-0.2, -0.15) is 5.10 Å². The highest BCUT2D eigenvalue weighted by atomic mass is 16.5. The lowest BCUT2D eigenvalue weighted by Gasteiger charge is -2.35. The van der Waals surface area contributed by atoms with E-state index in [-0.39, 0.29) is 24.2 Å². The number of nitrogens with zero attached hydrogens (tertiary/aromatic N) is 3. The lowest BCUT2D eigenvalue weighted by Crippen LogP contribution is -2.45. The van der Waals surface area contributed by atoms with E-state index in [0.29, 0.717) is 5.75 Å². The summed E-state index contributed by atoms with van der Waals surface area (Å²) in [6.45, 7) is 2.51. The Hall–Kier alpha value is -2.83. The van der Waals surface area contributed by atoms with Crippen LogP contribution >= 0.6 is 0 Å². The SMILES string of the molecule is CC[C@@H]1CCCCN1C(=O)COC(=O)c1nn(-c2ccccc2)cc1OC. The van der Waals surface area contributed by atoms with Crippen molar-refractivity contribution in [1.29, 1.82) is 0 Å². The van der Waals surface area contributed by atoms with Gasteiger partial charge in [-0.05, 0) is 37.8 Å². The van der Waals surface area contributed by atoms with Gasteiger partial charge in [0.05, 0.1) is 19.0 Å². The molecule has 1 aromatic heterocycles. The molecule has 7 heteroatoms. The Morgan fingerprint density at radius 1 is 1.22 bits per heavy atom. The minimum absolute atomic E-state index is 0.0554. The second-order valence-electron chi connectivity index (χ2n) is 6.55. The Bertz CT molecular complexity index is 788. The summed E-state index contributed by atoms with van der Waals surface area (Å²) in [5.74, 6) is -0.517. The monoisotopic (exact) mass is 371 g/mol. The second-order valence-corrected chi connectivity index (χ2v) is 6.55. The van der Waals surface area contributed by atoms with Crippen LogP contribution in [0.25, 0.3) is 5.69 Å². The molecule has 1 atom stereocenters. The van der Waals surface area contributed by atoms with Gasteiger partial charge in [-0.15, -0.1) is 0 Å². The van der Waals surface area contributed by atoms with E-state index in [1.165, 1.54) is 7.11 Å². The first kappa shape index (κ1) is 18.9. The van der Waals surface area contributed by atoms with Crippen LogP contribution in [-0.4, -0.2) is 52.9 Å². The number of aromatic nitrogens is 2. The number of amides is 1. The highest BCUT2D eigenvalue weighted by Gasteiger charge is 2.27. The van der Waals surface area contributed by atoms with E-state index >= 15 is 0 Å². The van der Waals surface area contributed by atoms with Crippen molar-refractivity contribution >= 4 is 11.9 Å². The number of hydrogen-bond acceptors (Lipinski definition) is 5.